The highest BCUT2D eigenvalue weighted by Crippen LogP contribution is 2.19. The zero-order chi connectivity index (χ0) is 17.5. The van der Waals surface area contributed by atoms with Crippen LogP contribution in [0.25, 0.3) is 0 Å². The number of aromatic carboxylic acids is 1. The SMILES string of the molecule is C/C(=N/NC(=O)CCSc1ccc(F)cc1)c1ccc(C(=O)O)s1. The topological polar surface area (TPSA) is 78.8 Å². The summed E-state index contributed by atoms with van der Waals surface area (Å²) in [4.78, 5) is 24.4. The predicted octanol–water partition coefficient (Wildman–Crippen LogP) is 3.61. The number of carbonyl (C=O) groups is 2. The van der Waals surface area contributed by atoms with Gasteiger partial charge in [0, 0.05) is 17.1 Å². The zero-order valence-electron chi connectivity index (χ0n) is 12.8. The number of carboxylic acid groups (broad SMARTS) is 1. The van der Waals surface area contributed by atoms with Gasteiger partial charge in [-0.05, 0) is 43.3 Å². The van der Waals surface area contributed by atoms with E-state index in [2.05, 4.69) is 10.5 Å². The van der Waals surface area contributed by atoms with E-state index < -0.39 is 5.97 Å². The third-order valence-corrected chi connectivity index (χ3v) is 5.13. The van der Waals surface area contributed by atoms with Crippen LogP contribution in [0.2, 0.25) is 0 Å². The van der Waals surface area contributed by atoms with Crippen LogP contribution in [0.1, 0.15) is 27.9 Å². The molecule has 0 fully saturated rings. The fourth-order valence-electron chi connectivity index (χ4n) is 1.70. The van der Waals surface area contributed by atoms with Crippen molar-refractivity contribution < 1.29 is 19.1 Å². The Bertz CT molecular complexity index is 757. The van der Waals surface area contributed by atoms with E-state index in [9.17, 15) is 14.0 Å². The third kappa shape index (κ3) is 5.47. The number of hydrazone groups is 1. The molecule has 2 aromatic rings. The second kappa shape index (κ2) is 8.60. The number of benzene rings is 1. The number of hydrogen-bond donors (Lipinski definition) is 2. The summed E-state index contributed by atoms with van der Waals surface area (Å²) in [6.45, 7) is 1.70. The molecule has 0 saturated carbocycles. The molecule has 24 heavy (non-hydrogen) atoms. The first-order chi connectivity index (χ1) is 11.5. The minimum absolute atomic E-state index is 0.224. The normalized spacial score (nSPS) is 11.3. The molecule has 1 aromatic carbocycles. The Morgan fingerprint density at radius 1 is 1.21 bits per heavy atom. The number of halogens is 1. The van der Waals surface area contributed by atoms with E-state index in [4.69, 9.17) is 5.11 Å². The number of thioether (sulfide) groups is 1. The van der Waals surface area contributed by atoms with Crippen LogP contribution >= 0.6 is 23.1 Å². The van der Waals surface area contributed by atoms with Crippen LogP contribution in [0.15, 0.2) is 46.4 Å². The van der Waals surface area contributed by atoms with Gasteiger partial charge in [0.05, 0.1) is 10.6 Å². The van der Waals surface area contributed by atoms with Crippen LogP contribution in [-0.2, 0) is 4.79 Å². The van der Waals surface area contributed by atoms with Crippen molar-refractivity contribution in [1.29, 1.82) is 0 Å². The molecule has 0 aliphatic carbocycles. The van der Waals surface area contributed by atoms with Crippen molar-refractivity contribution >= 4 is 40.7 Å². The summed E-state index contributed by atoms with van der Waals surface area (Å²) in [5.41, 5.74) is 3.00. The number of amides is 1. The molecule has 2 rings (SSSR count). The summed E-state index contributed by atoms with van der Waals surface area (Å²) in [6, 6.07) is 9.24. The van der Waals surface area contributed by atoms with Crippen molar-refractivity contribution in [1.82, 2.24) is 5.43 Å². The molecule has 0 aliphatic heterocycles. The predicted molar refractivity (Wildman–Crippen MR) is 93.4 cm³/mol. The highest BCUT2D eigenvalue weighted by Gasteiger charge is 2.09. The Morgan fingerprint density at radius 3 is 2.50 bits per heavy atom. The second-order valence-electron chi connectivity index (χ2n) is 4.75. The lowest BCUT2D eigenvalue weighted by molar-refractivity contribution is -0.120. The van der Waals surface area contributed by atoms with E-state index in [0.717, 1.165) is 16.2 Å². The summed E-state index contributed by atoms with van der Waals surface area (Å²) in [6.07, 6.45) is 0.267. The Morgan fingerprint density at radius 2 is 1.88 bits per heavy atom. The lowest BCUT2D eigenvalue weighted by Gasteiger charge is -2.02. The van der Waals surface area contributed by atoms with Crippen molar-refractivity contribution in [2.75, 3.05) is 5.75 Å². The molecule has 2 N–H and O–H groups in total. The molecule has 8 heteroatoms. The van der Waals surface area contributed by atoms with Crippen molar-refractivity contribution in [3.63, 3.8) is 0 Å². The summed E-state index contributed by atoms with van der Waals surface area (Å²) < 4.78 is 12.8. The molecule has 0 spiro atoms. The third-order valence-electron chi connectivity index (χ3n) is 2.93. The monoisotopic (exact) mass is 366 g/mol. The maximum Gasteiger partial charge on any atom is 0.345 e. The average molecular weight is 366 g/mol. The smallest absolute Gasteiger partial charge is 0.345 e. The molecule has 0 radical (unpaired) electrons. The molecule has 0 unspecified atom stereocenters. The molecule has 5 nitrogen and oxygen atoms in total. The number of carbonyl (C=O) groups excluding carboxylic acids is 1. The van der Waals surface area contributed by atoms with Crippen molar-refractivity contribution in [2.45, 2.75) is 18.2 Å². The quantitative estimate of drug-likeness (QED) is 0.446. The first-order valence-electron chi connectivity index (χ1n) is 7.00. The van der Waals surface area contributed by atoms with Crippen molar-refractivity contribution in [3.8, 4) is 0 Å². The molecular weight excluding hydrogens is 351 g/mol. The van der Waals surface area contributed by atoms with E-state index in [0.29, 0.717) is 16.3 Å². The van der Waals surface area contributed by atoms with Crippen LogP contribution in [0.3, 0.4) is 0 Å². The maximum absolute atomic E-state index is 12.8. The van der Waals surface area contributed by atoms with Crippen LogP contribution in [0.5, 0.6) is 0 Å². The molecule has 0 saturated heterocycles. The second-order valence-corrected chi connectivity index (χ2v) is 7.01. The summed E-state index contributed by atoms with van der Waals surface area (Å²) >= 11 is 2.56. The van der Waals surface area contributed by atoms with Gasteiger partial charge in [0.2, 0.25) is 5.91 Å². The largest absolute Gasteiger partial charge is 0.477 e. The Balaban J connectivity index is 1.78. The molecule has 126 valence electrons. The van der Waals surface area contributed by atoms with Gasteiger partial charge in [0.25, 0.3) is 0 Å². The Kier molecular flexibility index (Phi) is 6.51. The van der Waals surface area contributed by atoms with Gasteiger partial charge < -0.3 is 5.11 Å². The lowest BCUT2D eigenvalue weighted by atomic mass is 10.3. The number of carboxylic acids is 1. The van der Waals surface area contributed by atoms with E-state index in [-0.39, 0.29) is 23.0 Å². The summed E-state index contributed by atoms with van der Waals surface area (Å²) in [5.74, 6) is -0.963. The zero-order valence-corrected chi connectivity index (χ0v) is 14.4. The van der Waals surface area contributed by atoms with Gasteiger partial charge in [-0.2, -0.15) is 5.10 Å². The van der Waals surface area contributed by atoms with Gasteiger partial charge in [-0.3, -0.25) is 4.79 Å². The van der Waals surface area contributed by atoms with Crippen LogP contribution in [0.4, 0.5) is 4.39 Å². The molecule has 0 atom stereocenters. The molecule has 1 amide bonds. The highest BCUT2D eigenvalue weighted by atomic mass is 32.2. The van der Waals surface area contributed by atoms with E-state index in [1.165, 1.54) is 30.0 Å². The Hall–Kier alpha value is -2.19. The van der Waals surface area contributed by atoms with Crippen LogP contribution < -0.4 is 5.43 Å². The van der Waals surface area contributed by atoms with Gasteiger partial charge in [-0.1, -0.05) is 0 Å². The van der Waals surface area contributed by atoms with Gasteiger partial charge in [0.15, 0.2) is 0 Å². The van der Waals surface area contributed by atoms with Crippen LogP contribution in [0, 0.1) is 5.82 Å². The maximum atomic E-state index is 12.8. The molecule has 1 aromatic heterocycles. The standard InChI is InChI=1S/C16H15FN2O3S2/c1-10(13-6-7-14(24-13)16(21)22)18-19-15(20)8-9-23-12-4-2-11(17)3-5-12/h2-7H,8-9H2,1H3,(H,19,20)(H,21,22)/b18-10-. The minimum atomic E-state index is -0.985. The molecule has 1 heterocycles. The van der Waals surface area contributed by atoms with E-state index in [1.54, 1.807) is 25.1 Å². The lowest BCUT2D eigenvalue weighted by Crippen LogP contribution is -2.19. The first-order valence-corrected chi connectivity index (χ1v) is 8.81. The first kappa shape index (κ1) is 18.2. The fourth-order valence-corrected chi connectivity index (χ4v) is 3.34. The van der Waals surface area contributed by atoms with Crippen molar-refractivity contribution in [2.24, 2.45) is 5.10 Å². The number of nitrogens with one attached hydrogen (secondary N) is 1. The molecule has 0 bridgehead atoms. The van der Waals surface area contributed by atoms with Crippen molar-refractivity contribution in [3.05, 3.63) is 52.0 Å². The summed E-state index contributed by atoms with van der Waals surface area (Å²) in [7, 11) is 0. The summed E-state index contributed by atoms with van der Waals surface area (Å²) in [5, 5.41) is 12.9. The van der Waals surface area contributed by atoms with Crippen LogP contribution in [-0.4, -0.2) is 28.4 Å². The van der Waals surface area contributed by atoms with Gasteiger partial charge >= 0.3 is 5.97 Å². The fraction of sp³-hybridized carbons (Fsp3) is 0.188. The minimum Gasteiger partial charge on any atom is -0.477 e. The number of thiophene rings is 1. The van der Waals surface area contributed by atoms with E-state index in [1.807, 2.05) is 0 Å². The number of hydrogen-bond acceptors (Lipinski definition) is 5. The Labute approximate surface area is 146 Å². The van der Waals surface area contributed by atoms with Gasteiger partial charge in [-0.25, -0.2) is 14.6 Å². The average Bonchev–Trinajstić information content (AvgIpc) is 3.05. The van der Waals surface area contributed by atoms with E-state index >= 15 is 0 Å². The van der Waals surface area contributed by atoms with Gasteiger partial charge in [-0.15, -0.1) is 23.1 Å². The number of rotatable bonds is 7. The number of nitrogens with zero attached hydrogens (tertiary/aromatic N) is 1. The highest BCUT2D eigenvalue weighted by molar-refractivity contribution is 7.99. The van der Waals surface area contributed by atoms with Gasteiger partial charge in [0.1, 0.15) is 10.7 Å². The molecule has 0 aliphatic rings. The molecular formula is C16H15FN2O3S2.